The van der Waals surface area contributed by atoms with Crippen LogP contribution >= 0.6 is 12.4 Å². The maximum atomic E-state index is 6.42. The van der Waals surface area contributed by atoms with Gasteiger partial charge in [-0.2, -0.15) is 0 Å². The van der Waals surface area contributed by atoms with Crippen LogP contribution in [0.3, 0.4) is 0 Å². The molecule has 312 valence electrons. The Morgan fingerprint density at radius 1 is 0.404 bits per heavy atom. The zero-order valence-electron chi connectivity index (χ0n) is 36.1. The van der Waals surface area contributed by atoms with Crippen LogP contribution in [0.25, 0.3) is 0 Å². The van der Waals surface area contributed by atoms with Crippen molar-refractivity contribution in [2.45, 2.75) is 245 Å². The summed E-state index contributed by atoms with van der Waals surface area (Å²) in [6, 6.07) is 0. The van der Waals surface area contributed by atoms with Crippen LogP contribution in [-0.4, -0.2) is 51.5 Å². The number of halogens is 1. The molecular formula is C48H96ClNO2. The predicted molar refractivity (Wildman–Crippen MR) is 238 cm³/mol. The van der Waals surface area contributed by atoms with E-state index in [2.05, 4.69) is 57.1 Å². The molecule has 0 spiro atoms. The monoisotopic (exact) mass is 754 g/mol. The molecule has 0 fully saturated rings. The minimum atomic E-state index is 0. The molecule has 0 aliphatic carbocycles. The number of ether oxygens (including phenoxy) is 2. The molecule has 0 bridgehead atoms. The summed E-state index contributed by atoms with van der Waals surface area (Å²) in [5.74, 6) is 0. The summed E-state index contributed by atoms with van der Waals surface area (Å²) in [5.41, 5.74) is 0. The van der Waals surface area contributed by atoms with Crippen molar-refractivity contribution in [3.8, 4) is 0 Å². The maximum absolute atomic E-state index is 6.42. The smallest absolute Gasteiger partial charge is 0.0808 e. The van der Waals surface area contributed by atoms with Gasteiger partial charge in [0.2, 0.25) is 0 Å². The van der Waals surface area contributed by atoms with E-state index in [4.69, 9.17) is 9.47 Å². The first-order chi connectivity index (χ1) is 25.2. The number of nitrogens with zero attached hydrogens (tertiary/aromatic N) is 1. The summed E-state index contributed by atoms with van der Waals surface area (Å²) >= 11 is 0. The van der Waals surface area contributed by atoms with Gasteiger partial charge >= 0.3 is 0 Å². The third-order valence-electron chi connectivity index (χ3n) is 10.5. The fourth-order valence-electron chi connectivity index (χ4n) is 6.99. The second-order valence-electron chi connectivity index (χ2n) is 16.2. The van der Waals surface area contributed by atoms with Crippen molar-refractivity contribution < 1.29 is 9.47 Å². The fourth-order valence-corrected chi connectivity index (χ4v) is 6.99. The van der Waals surface area contributed by atoms with Crippen molar-refractivity contribution in [3.05, 3.63) is 24.3 Å². The zero-order chi connectivity index (χ0) is 37.0. The number of hydrogen-bond acceptors (Lipinski definition) is 3. The lowest BCUT2D eigenvalue weighted by molar-refractivity contribution is -0.0235. The normalized spacial score (nSPS) is 12.5. The van der Waals surface area contributed by atoms with E-state index in [1.807, 2.05) is 0 Å². The second-order valence-corrected chi connectivity index (χ2v) is 16.2. The number of unbranched alkanes of at least 4 members (excludes halogenated alkanes) is 29. The van der Waals surface area contributed by atoms with Crippen LogP contribution in [0, 0.1) is 0 Å². The average molecular weight is 755 g/mol. The molecule has 0 aliphatic heterocycles. The van der Waals surface area contributed by atoms with Crippen LogP contribution in [0.1, 0.15) is 239 Å². The first-order valence-electron chi connectivity index (χ1n) is 23.3. The highest BCUT2D eigenvalue weighted by molar-refractivity contribution is 5.85. The first-order valence-corrected chi connectivity index (χ1v) is 23.3. The van der Waals surface area contributed by atoms with Crippen molar-refractivity contribution in [2.24, 2.45) is 0 Å². The van der Waals surface area contributed by atoms with Gasteiger partial charge in [0, 0.05) is 13.2 Å². The summed E-state index contributed by atoms with van der Waals surface area (Å²) in [5, 5.41) is 0. The van der Waals surface area contributed by atoms with Gasteiger partial charge in [-0.05, 0) is 97.7 Å². The summed E-state index contributed by atoms with van der Waals surface area (Å²) < 4.78 is 12.6. The Bertz CT molecular complexity index is 681. The minimum Gasteiger partial charge on any atom is -0.379 e. The third kappa shape index (κ3) is 47.7. The summed E-state index contributed by atoms with van der Waals surface area (Å²) in [4.78, 5) is 2.30. The lowest BCUT2D eigenvalue weighted by Crippen LogP contribution is -2.21. The lowest BCUT2D eigenvalue weighted by atomic mass is 10.1. The van der Waals surface area contributed by atoms with E-state index in [1.54, 1.807) is 0 Å². The van der Waals surface area contributed by atoms with Crippen LogP contribution in [0.5, 0.6) is 0 Å². The quantitative estimate of drug-likeness (QED) is 0.0457. The summed E-state index contributed by atoms with van der Waals surface area (Å²) in [7, 11) is 4.36. The van der Waals surface area contributed by atoms with Crippen LogP contribution in [-0.2, 0) is 9.47 Å². The van der Waals surface area contributed by atoms with Gasteiger partial charge in [-0.25, -0.2) is 0 Å². The van der Waals surface area contributed by atoms with E-state index in [0.717, 1.165) is 26.2 Å². The third-order valence-corrected chi connectivity index (χ3v) is 10.5. The molecule has 0 amide bonds. The van der Waals surface area contributed by atoms with Gasteiger partial charge < -0.3 is 14.4 Å². The Kier molecular flexibility index (Phi) is 50.3. The Balaban J connectivity index is 0. The Morgan fingerprint density at radius 2 is 0.750 bits per heavy atom. The van der Waals surface area contributed by atoms with E-state index in [-0.39, 0.29) is 18.5 Å². The second kappa shape index (κ2) is 48.7. The van der Waals surface area contributed by atoms with Gasteiger partial charge in [-0.3, -0.25) is 0 Å². The highest BCUT2D eigenvalue weighted by Gasteiger charge is 2.10. The highest BCUT2D eigenvalue weighted by Crippen LogP contribution is 2.15. The molecule has 0 aliphatic rings. The number of allylic oxidation sites excluding steroid dienone is 4. The van der Waals surface area contributed by atoms with E-state index in [0.29, 0.717) is 0 Å². The average Bonchev–Trinajstić information content (AvgIpc) is 3.12. The number of hydrogen-bond donors (Lipinski definition) is 0. The van der Waals surface area contributed by atoms with Crippen molar-refractivity contribution in [2.75, 3.05) is 40.5 Å². The number of rotatable bonds is 44. The van der Waals surface area contributed by atoms with Gasteiger partial charge in [0.1, 0.15) is 0 Å². The molecule has 1 unspecified atom stereocenters. The van der Waals surface area contributed by atoms with Crippen LogP contribution < -0.4 is 0 Å². The molecule has 0 saturated heterocycles. The van der Waals surface area contributed by atoms with Gasteiger partial charge in [-0.15, -0.1) is 12.4 Å². The van der Waals surface area contributed by atoms with E-state index in [9.17, 15) is 0 Å². The summed E-state index contributed by atoms with van der Waals surface area (Å²) in [6.45, 7) is 8.42. The molecular weight excluding hydrogens is 658 g/mol. The van der Waals surface area contributed by atoms with Gasteiger partial charge in [0.15, 0.2) is 0 Å². The van der Waals surface area contributed by atoms with E-state index < -0.39 is 0 Å². The molecule has 0 N–H and O–H groups in total. The van der Waals surface area contributed by atoms with Crippen LogP contribution in [0.4, 0.5) is 0 Å². The highest BCUT2D eigenvalue weighted by atomic mass is 35.5. The molecule has 0 radical (unpaired) electrons. The molecule has 0 aromatic carbocycles. The standard InChI is InChI=1S/C48H95NO2.ClH/c1-5-7-9-11-13-15-17-19-21-23-25-27-29-33-37-41-45-50-47-48(43-39-35-31-32-36-40-44-49(3)4)51-46-42-38-34-30-28-26-24-22-20-18-16-14-12-10-8-6-2;/h19-22,48H,5-18,23-47H2,1-4H3;1H/b21-19-,22-20-;. The zero-order valence-corrected chi connectivity index (χ0v) is 37.0. The first kappa shape index (κ1) is 53.8. The van der Waals surface area contributed by atoms with Crippen LogP contribution in [0.15, 0.2) is 24.3 Å². The molecule has 0 aromatic heterocycles. The Morgan fingerprint density at radius 3 is 1.17 bits per heavy atom. The van der Waals surface area contributed by atoms with E-state index >= 15 is 0 Å². The topological polar surface area (TPSA) is 21.7 Å². The molecule has 0 saturated carbocycles. The van der Waals surface area contributed by atoms with Crippen molar-refractivity contribution in [1.82, 2.24) is 4.90 Å². The fraction of sp³-hybridized carbons (Fsp3) is 0.917. The molecule has 3 nitrogen and oxygen atoms in total. The summed E-state index contributed by atoms with van der Waals surface area (Å²) in [6.07, 6.45) is 57.1. The molecule has 52 heavy (non-hydrogen) atoms. The Hall–Kier alpha value is -0.350. The Labute approximate surface area is 335 Å². The van der Waals surface area contributed by atoms with Gasteiger partial charge in [0.25, 0.3) is 0 Å². The van der Waals surface area contributed by atoms with Crippen molar-refractivity contribution >= 4 is 12.4 Å². The van der Waals surface area contributed by atoms with Gasteiger partial charge in [-0.1, -0.05) is 186 Å². The molecule has 4 heteroatoms. The van der Waals surface area contributed by atoms with Crippen molar-refractivity contribution in [3.63, 3.8) is 0 Å². The van der Waals surface area contributed by atoms with E-state index in [1.165, 1.54) is 225 Å². The predicted octanol–water partition coefficient (Wildman–Crippen LogP) is 16.2. The SMILES string of the molecule is CCCCCCCC/C=C\CCCCCCCCOCC(CCCCCCCCN(C)C)OCCCCCCCC/C=C\CCCCCCCC.Cl. The minimum absolute atomic E-state index is 0. The lowest BCUT2D eigenvalue weighted by Gasteiger charge is -2.18. The molecule has 0 aromatic rings. The maximum Gasteiger partial charge on any atom is 0.0808 e. The molecule has 0 heterocycles. The van der Waals surface area contributed by atoms with Crippen molar-refractivity contribution in [1.29, 1.82) is 0 Å². The van der Waals surface area contributed by atoms with Gasteiger partial charge in [0.05, 0.1) is 12.7 Å². The molecule has 0 rings (SSSR count). The van der Waals surface area contributed by atoms with Crippen LogP contribution in [0.2, 0.25) is 0 Å². The largest absolute Gasteiger partial charge is 0.379 e. The molecule has 1 atom stereocenters.